The molecule has 3 heteroatoms. The monoisotopic (exact) mass is 169 g/mol. The van der Waals surface area contributed by atoms with Gasteiger partial charge >= 0.3 is 0 Å². The second-order valence-electron chi connectivity index (χ2n) is 3.36. The molecule has 0 spiro atoms. The van der Waals surface area contributed by atoms with E-state index in [1.165, 1.54) is 0 Å². The SMILES string of the molecule is CC(C)C(C)c1ncc(CO)o1. The van der Waals surface area contributed by atoms with Crippen LogP contribution in [0.25, 0.3) is 0 Å². The summed E-state index contributed by atoms with van der Waals surface area (Å²) >= 11 is 0. The van der Waals surface area contributed by atoms with Crippen LogP contribution in [-0.2, 0) is 6.61 Å². The molecule has 0 saturated heterocycles. The van der Waals surface area contributed by atoms with Crippen molar-refractivity contribution >= 4 is 0 Å². The first-order valence-electron chi connectivity index (χ1n) is 4.20. The van der Waals surface area contributed by atoms with Gasteiger partial charge in [0.15, 0.2) is 5.89 Å². The first-order valence-corrected chi connectivity index (χ1v) is 4.20. The average Bonchev–Trinajstić information content (AvgIpc) is 2.50. The Bertz CT molecular complexity index is 242. The summed E-state index contributed by atoms with van der Waals surface area (Å²) in [5.41, 5.74) is 0. The van der Waals surface area contributed by atoms with Crippen molar-refractivity contribution in [1.82, 2.24) is 4.98 Å². The molecule has 1 rings (SSSR count). The van der Waals surface area contributed by atoms with E-state index >= 15 is 0 Å². The lowest BCUT2D eigenvalue weighted by molar-refractivity contribution is 0.239. The fourth-order valence-corrected chi connectivity index (χ4v) is 0.891. The van der Waals surface area contributed by atoms with Crippen LogP contribution in [0.5, 0.6) is 0 Å². The van der Waals surface area contributed by atoms with Gasteiger partial charge in [0.25, 0.3) is 0 Å². The Kier molecular flexibility index (Phi) is 2.87. The van der Waals surface area contributed by atoms with E-state index in [2.05, 4.69) is 25.8 Å². The molecular weight excluding hydrogens is 154 g/mol. The van der Waals surface area contributed by atoms with Crippen LogP contribution in [0.1, 0.15) is 38.3 Å². The summed E-state index contributed by atoms with van der Waals surface area (Å²) in [5, 5.41) is 8.74. The largest absolute Gasteiger partial charge is 0.443 e. The molecule has 0 saturated carbocycles. The highest BCUT2D eigenvalue weighted by Crippen LogP contribution is 2.22. The Labute approximate surface area is 72.4 Å². The molecule has 0 aliphatic carbocycles. The van der Waals surface area contributed by atoms with E-state index in [1.54, 1.807) is 6.20 Å². The van der Waals surface area contributed by atoms with E-state index in [0.717, 1.165) is 0 Å². The number of aliphatic hydroxyl groups is 1. The van der Waals surface area contributed by atoms with Gasteiger partial charge in [-0.15, -0.1) is 0 Å². The highest BCUT2D eigenvalue weighted by atomic mass is 16.4. The van der Waals surface area contributed by atoms with Crippen molar-refractivity contribution in [2.24, 2.45) is 5.92 Å². The zero-order valence-corrected chi connectivity index (χ0v) is 7.74. The molecule has 0 amide bonds. The predicted octanol–water partition coefficient (Wildman–Crippen LogP) is 1.93. The van der Waals surface area contributed by atoms with Gasteiger partial charge in [-0.3, -0.25) is 0 Å². The number of oxazole rings is 1. The Hall–Kier alpha value is -0.830. The van der Waals surface area contributed by atoms with Crippen LogP contribution in [0.2, 0.25) is 0 Å². The molecule has 1 N–H and O–H groups in total. The van der Waals surface area contributed by atoms with Crippen molar-refractivity contribution in [3.63, 3.8) is 0 Å². The highest BCUT2D eigenvalue weighted by molar-refractivity contribution is 4.97. The number of hydrogen-bond acceptors (Lipinski definition) is 3. The summed E-state index contributed by atoms with van der Waals surface area (Å²) in [7, 11) is 0. The standard InChI is InChI=1S/C9H15NO2/c1-6(2)7(3)9-10-4-8(5-11)12-9/h4,6-7,11H,5H2,1-3H3. The number of aliphatic hydroxyl groups excluding tert-OH is 1. The van der Waals surface area contributed by atoms with Crippen LogP contribution in [-0.4, -0.2) is 10.1 Å². The van der Waals surface area contributed by atoms with Gasteiger partial charge in [0.2, 0.25) is 0 Å². The lowest BCUT2D eigenvalue weighted by Gasteiger charge is -2.10. The van der Waals surface area contributed by atoms with Gasteiger partial charge in [-0.1, -0.05) is 20.8 Å². The maximum Gasteiger partial charge on any atom is 0.197 e. The van der Waals surface area contributed by atoms with Crippen molar-refractivity contribution in [1.29, 1.82) is 0 Å². The Morgan fingerprint density at radius 2 is 2.17 bits per heavy atom. The topological polar surface area (TPSA) is 46.3 Å². The van der Waals surface area contributed by atoms with E-state index in [0.29, 0.717) is 23.5 Å². The van der Waals surface area contributed by atoms with Crippen LogP contribution in [0, 0.1) is 5.92 Å². The second kappa shape index (κ2) is 3.72. The summed E-state index contributed by atoms with van der Waals surface area (Å²) in [6.07, 6.45) is 1.58. The van der Waals surface area contributed by atoms with E-state index in [-0.39, 0.29) is 6.61 Å². The van der Waals surface area contributed by atoms with Crippen molar-refractivity contribution in [2.45, 2.75) is 33.3 Å². The van der Waals surface area contributed by atoms with Gasteiger partial charge in [0.05, 0.1) is 6.20 Å². The fraction of sp³-hybridized carbons (Fsp3) is 0.667. The second-order valence-corrected chi connectivity index (χ2v) is 3.36. The van der Waals surface area contributed by atoms with Crippen LogP contribution in [0.3, 0.4) is 0 Å². The zero-order valence-electron chi connectivity index (χ0n) is 7.74. The predicted molar refractivity (Wildman–Crippen MR) is 45.7 cm³/mol. The van der Waals surface area contributed by atoms with Crippen LogP contribution in [0.15, 0.2) is 10.6 Å². The molecule has 0 aromatic carbocycles. The number of hydrogen-bond donors (Lipinski definition) is 1. The third kappa shape index (κ3) is 1.85. The minimum absolute atomic E-state index is 0.0716. The van der Waals surface area contributed by atoms with Gasteiger partial charge in [-0.05, 0) is 5.92 Å². The number of rotatable bonds is 3. The van der Waals surface area contributed by atoms with E-state index in [4.69, 9.17) is 9.52 Å². The lowest BCUT2D eigenvalue weighted by Crippen LogP contribution is -2.01. The summed E-state index contributed by atoms with van der Waals surface area (Å²) < 4.78 is 5.29. The molecule has 68 valence electrons. The first kappa shape index (κ1) is 9.26. The maximum atomic E-state index is 8.74. The van der Waals surface area contributed by atoms with Crippen molar-refractivity contribution in [2.75, 3.05) is 0 Å². The van der Waals surface area contributed by atoms with E-state index in [1.807, 2.05) is 0 Å². The van der Waals surface area contributed by atoms with Crippen molar-refractivity contribution in [3.8, 4) is 0 Å². The molecular formula is C9H15NO2. The molecule has 1 unspecified atom stereocenters. The molecule has 0 aliphatic heterocycles. The van der Waals surface area contributed by atoms with Crippen molar-refractivity contribution < 1.29 is 9.52 Å². The lowest BCUT2D eigenvalue weighted by atomic mass is 9.98. The Balaban J connectivity index is 2.74. The third-order valence-electron chi connectivity index (χ3n) is 2.12. The molecule has 0 aliphatic rings. The van der Waals surface area contributed by atoms with Gasteiger partial charge in [0, 0.05) is 5.92 Å². The normalized spacial score (nSPS) is 13.8. The van der Waals surface area contributed by atoms with Gasteiger partial charge < -0.3 is 9.52 Å². The molecule has 0 radical (unpaired) electrons. The molecule has 1 aromatic heterocycles. The Morgan fingerprint density at radius 3 is 2.58 bits per heavy atom. The smallest absolute Gasteiger partial charge is 0.197 e. The van der Waals surface area contributed by atoms with Gasteiger partial charge in [-0.2, -0.15) is 0 Å². The minimum atomic E-state index is -0.0716. The molecule has 12 heavy (non-hydrogen) atoms. The van der Waals surface area contributed by atoms with Crippen molar-refractivity contribution in [3.05, 3.63) is 17.8 Å². The maximum absolute atomic E-state index is 8.74. The van der Waals surface area contributed by atoms with Crippen LogP contribution < -0.4 is 0 Å². The van der Waals surface area contributed by atoms with E-state index in [9.17, 15) is 0 Å². The summed E-state index contributed by atoms with van der Waals surface area (Å²) in [5.74, 6) is 2.08. The Morgan fingerprint density at radius 1 is 1.50 bits per heavy atom. The summed E-state index contributed by atoms with van der Waals surface area (Å²) in [6.45, 7) is 6.23. The van der Waals surface area contributed by atoms with Gasteiger partial charge in [-0.25, -0.2) is 4.98 Å². The molecule has 0 fully saturated rings. The molecule has 1 heterocycles. The molecule has 1 aromatic rings. The van der Waals surface area contributed by atoms with Gasteiger partial charge in [0.1, 0.15) is 12.4 Å². The third-order valence-corrected chi connectivity index (χ3v) is 2.12. The summed E-state index contributed by atoms with van der Waals surface area (Å²) in [4.78, 5) is 4.08. The molecule has 0 bridgehead atoms. The molecule has 1 atom stereocenters. The number of nitrogens with zero attached hydrogens (tertiary/aromatic N) is 1. The first-order chi connectivity index (χ1) is 5.65. The summed E-state index contributed by atoms with van der Waals surface area (Å²) in [6, 6.07) is 0. The minimum Gasteiger partial charge on any atom is -0.443 e. The molecule has 3 nitrogen and oxygen atoms in total. The highest BCUT2D eigenvalue weighted by Gasteiger charge is 2.15. The zero-order chi connectivity index (χ0) is 9.14. The quantitative estimate of drug-likeness (QED) is 0.752. The van der Waals surface area contributed by atoms with Crippen LogP contribution >= 0.6 is 0 Å². The average molecular weight is 169 g/mol. The number of aromatic nitrogens is 1. The van der Waals surface area contributed by atoms with E-state index < -0.39 is 0 Å². The van der Waals surface area contributed by atoms with Crippen LogP contribution in [0.4, 0.5) is 0 Å². The fourth-order valence-electron chi connectivity index (χ4n) is 0.891.